The molecule has 0 spiro atoms. The van der Waals surface area contributed by atoms with Gasteiger partial charge in [0, 0.05) is 31.8 Å². The molecule has 41 heavy (non-hydrogen) atoms. The van der Waals surface area contributed by atoms with Gasteiger partial charge in [-0.25, -0.2) is 0 Å². The van der Waals surface area contributed by atoms with Crippen molar-refractivity contribution < 1.29 is 33.3 Å². The van der Waals surface area contributed by atoms with Crippen molar-refractivity contribution in [2.45, 2.75) is 55.4 Å². The lowest BCUT2D eigenvalue weighted by Gasteiger charge is -2.43. The zero-order chi connectivity index (χ0) is 29.8. The van der Waals surface area contributed by atoms with Crippen molar-refractivity contribution in [3.8, 4) is 0 Å². The number of allylic oxidation sites excluding steroid dienone is 1. The van der Waals surface area contributed by atoms with Gasteiger partial charge in [-0.15, -0.1) is 11.8 Å². The molecule has 1 aliphatic carbocycles. The Balaban J connectivity index is 1.72. The number of carboxylic acids is 1. The molecular weight excluding hydrogens is 556 g/mol. The van der Waals surface area contributed by atoms with Crippen molar-refractivity contribution >= 4 is 42.4 Å². The Labute approximate surface area is 248 Å². The Morgan fingerprint density at radius 3 is 2.07 bits per heavy atom. The molecule has 0 amide bonds. The summed E-state index contributed by atoms with van der Waals surface area (Å²) in [6.45, 7) is 8.46. The van der Waals surface area contributed by atoms with Crippen LogP contribution in [0.25, 0.3) is 0 Å². The van der Waals surface area contributed by atoms with Gasteiger partial charge in [-0.3, -0.25) is 9.59 Å². The first-order valence-corrected chi connectivity index (χ1v) is 16.6. The highest BCUT2D eigenvalue weighted by Crippen LogP contribution is 2.51. The molecule has 1 saturated heterocycles. The first-order chi connectivity index (χ1) is 19.5. The van der Waals surface area contributed by atoms with Gasteiger partial charge in [-0.2, -0.15) is 0 Å². The van der Waals surface area contributed by atoms with Crippen LogP contribution in [0.3, 0.4) is 0 Å². The number of ether oxygens (including phenoxy) is 3. The van der Waals surface area contributed by atoms with Gasteiger partial charge in [0.05, 0.1) is 7.11 Å². The third kappa shape index (κ3) is 6.04. The van der Waals surface area contributed by atoms with Crippen LogP contribution in [0.4, 0.5) is 0 Å². The molecule has 4 rings (SSSR count). The summed E-state index contributed by atoms with van der Waals surface area (Å²) >= 11 is 1.51. The van der Waals surface area contributed by atoms with Gasteiger partial charge < -0.3 is 23.7 Å². The molecule has 7 nitrogen and oxygen atoms in total. The predicted octanol–water partition coefficient (Wildman–Crippen LogP) is 4.76. The fourth-order valence-electron chi connectivity index (χ4n) is 6.27. The smallest absolute Gasteiger partial charge is 0.313 e. The van der Waals surface area contributed by atoms with E-state index < -0.39 is 43.1 Å². The van der Waals surface area contributed by atoms with Crippen LogP contribution < -0.4 is 10.4 Å². The monoisotopic (exact) mass is 596 g/mol. The van der Waals surface area contributed by atoms with E-state index in [2.05, 4.69) is 69.3 Å². The zero-order valence-electron chi connectivity index (χ0n) is 24.5. The van der Waals surface area contributed by atoms with Crippen LogP contribution in [0.1, 0.15) is 34.1 Å². The van der Waals surface area contributed by atoms with E-state index in [9.17, 15) is 14.7 Å². The summed E-state index contributed by atoms with van der Waals surface area (Å²) < 4.78 is 24.5. The molecule has 5 unspecified atom stereocenters. The van der Waals surface area contributed by atoms with Gasteiger partial charge >= 0.3 is 11.9 Å². The van der Waals surface area contributed by atoms with E-state index in [0.29, 0.717) is 18.8 Å². The minimum atomic E-state index is -2.80. The number of methoxy groups -OCH3 is 2. The van der Waals surface area contributed by atoms with Crippen LogP contribution in [0.5, 0.6) is 0 Å². The minimum absolute atomic E-state index is 0.0715. The fraction of sp³-hybridized carbons (Fsp3) is 0.438. The van der Waals surface area contributed by atoms with E-state index in [-0.39, 0.29) is 10.3 Å². The molecule has 2 aromatic carbocycles. The summed E-state index contributed by atoms with van der Waals surface area (Å²) in [7, 11) is 0.236. The standard InChI is InChI=1S/C32H40O7SSi/c1-22(33)39-30-28(32(37-6)20-23(36-5)17-18-27(32)29(34)35)19-24(40-30)21-38-41(31(2,3)4,25-13-9-7-10-14-25)26-15-11-8-12-16-26/h7-18,20,24,27-28,30H,19,21H2,1-6H3,(H,34,35). The second kappa shape index (κ2) is 12.6. The van der Waals surface area contributed by atoms with E-state index in [0.717, 1.165) is 0 Å². The highest BCUT2D eigenvalue weighted by Gasteiger charge is 2.57. The Kier molecular flexibility index (Phi) is 9.53. The molecule has 0 aromatic heterocycles. The van der Waals surface area contributed by atoms with Gasteiger partial charge in [0.15, 0.2) is 5.44 Å². The lowest BCUT2D eigenvalue weighted by Crippen LogP contribution is -2.67. The Morgan fingerprint density at radius 1 is 1.02 bits per heavy atom. The number of carbonyl (C=O) groups excluding carboxylic acids is 1. The third-order valence-corrected chi connectivity index (χ3v) is 14.5. The highest BCUT2D eigenvalue weighted by atomic mass is 32.2. The molecule has 1 fully saturated rings. The third-order valence-electron chi connectivity index (χ3n) is 8.10. The molecule has 1 heterocycles. The maximum atomic E-state index is 12.4. The number of hydrogen-bond donors (Lipinski definition) is 1. The predicted molar refractivity (Wildman–Crippen MR) is 164 cm³/mol. The van der Waals surface area contributed by atoms with Crippen molar-refractivity contribution in [3.05, 3.63) is 84.7 Å². The summed E-state index contributed by atoms with van der Waals surface area (Å²) in [6, 6.07) is 20.8. The summed E-state index contributed by atoms with van der Waals surface area (Å²) in [5, 5.41) is 12.3. The fourth-order valence-corrected chi connectivity index (χ4v) is 12.5. The average molecular weight is 597 g/mol. The molecule has 0 saturated carbocycles. The molecule has 2 aliphatic rings. The highest BCUT2D eigenvalue weighted by molar-refractivity contribution is 8.00. The summed E-state index contributed by atoms with van der Waals surface area (Å²) in [5.41, 5.74) is -1.89. The molecule has 1 N–H and O–H groups in total. The number of rotatable bonds is 10. The van der Waals surface area contributed by atoms with E-state index in [4.69, 9.17) is 18.6 Å². The van der Waals surface area contributed by atoms with Crippen molar-refractivity contribution in [3.63, 3.8) is 0 Å². The van der Waals surface area contributed by atoms with Crippen molar-refractivity contribution in [1.82, 2.24) is 0 Å². The van der Waals surface area contributed by atoms with Gasteiger partial charge in [-0.05, 0) is 34.0 Å². The molecule has 9 heteroatoms. The van der Waals surface area contributed by atoms with Gasteiger partial charge in [0.25, 0.3) is 8.32 Å². The van der Waals surface area contributed by atoms with E-state index in [1.807, 2.05) is 12.1 Å². The van der Waals surface area contributed by atoms with Crippen molar-refractivity contribution in [2.24, 2.45) is 11.8 Å². The number of benzene rings is 2. The number of esters is 1. The molecule has 2 aromatic rings. The molecule has 0 radical (unpaired) electrons. The Morgan fingerprint density at radius 2 is 1.61 bits per heavy atom. The van der Waals surface area contributed by atoms with Crippen molar-refractivity contribution in [1.29, 1.82) is 0 Å². The van der Waals surface area contributed by atoms with Crippen LogP contribution in [-0.2, 0) is 28.2 Å². The maximum absolute atomic E-state index is 12.4. The molecule has 5 atom stereocenters. The average Bonchev–Trinajstić information content (AvgIpc) is 3.35. The topological polar surface area (TPSA) is 91.3 Å². The Hall–Kier alpha value is -2.85. The zero-order valence-corrected chi connectivity index (χ0v) is 26.4. The summed E-state index contributed by atoms with van der Waals surface area (Å²) in [6.07, 6.45) is 5.48. The summed E-state index contributed by atoms with van der Waals surface area (Å²) in [4.78, 5) is 24.6. The number of thioether (sulfide) groups is 1. The van der Waals surface area contributed by atoms with Gasteiger partial charge in [0.2, 0.25) is 0 Å². The van der Waals surface area contributed by atoms with Crippen LogP contribution in [0.2, 0.25) is 5.04 Å². The number of aliphatic carboxylic acids is 1. The second-order valence-electron chi connectivity index (χ2n) is 11.5. The molecule has 1 aliphatic heterocycles. The van der Waals surface area contributed by atoms with Crippen LogP contribution in [-0.4, -0.2) is 62.5 Å². The van der Waals surface area contributed by atoms with Crippen LogP contribution in [0.15, 0.2) is 84.7 Å². The second-order valence-corrected chi connectivity index (χ2v) is 17.2. The van der Waals surface area contributed by atoms with Gasteiger partial charge in [0.1, 0.15) is 17.3 Å². The largest absolute Gasteiger partial charge is 0.497 e. The maximum Gasteiger partial charge on any atom is 0.313 e. The number of carbonyl (C=O) groups is 2. The lowest BCUT2D eigenvalue weighted by atomic mass is 9.72. The van der Waals surface area contributed by atoms with Crippen LogP contribution >= 0.6 is 11.8 Å². The van der Waals surface area contributed by atoms with E-state index in [1.165, 1.54) is 43.3 Å². The van der Waals surface area contributed by atoms with Crippen LogP contribution in [0, 0.1) is 11.8 Å². The van der Waals surface area contributed by atoms with E-state index >= 15 is 0 Å². The molecule has 220 valence electrons. The van der Waals surface area contributed by atoms with Gasteiger partial charge in [-0.1, -0.05) is 87.5 Å². The molecular formula is C32H40O7SSi. The number of carboxylic acid groups (broad SMARTS) is 1. The van der Waals surface area contributed by atoms with Crippen molar-refractivity contribution in [2.75, 3.05) is 20.8 Å². The first kappa shape index (κ1) is 31.1. The number of hydrogen-bond acceptors (Lipinski definition) is 7. The quantitative estimate of drug-likeness (QED) is 0.310. The summed E-state index contributed by atoms with van der Waals surface area (Å²) in [5.74, 6) is -2.38. The van der Waals surface area contributed by atoms with E-state index in [1.54, 1.807) is 18.2 Å². The minimum Gasteiger partial charge on any atom is -0.497 e. The first-order valence-electron chi connectivity index (χ1n) is 13.8. The Bertz CT molecular complexity index is 1230. The normalized spacial score (nSPS) is 26.3. The molecule has 0 bridgehead atoms. The SMILES string of the molecule is COC1=CC(OC)(C2CC(CO[Si](c3ccccc3)(c3ccccc3)C(C)(C)C)SC2OC(C)=O)C(C(=O)O)C=C1. The lowest BCUT2D eigenvalue weighted by molar-refractivity contribution is -0.158.